The largest absolute Gasteiger partial charge is 0.481 e. The zero-order valence-corrected chi connectivity index (χ0v) is 11.7. The average molecular weight is 328 g/mol. The molecule has 2 aromatic rings. The zero-order valence-electron chi connectivity index (χ0n) is 9.30. The smallest absolute Gasteiger partial charge is 0.307 e. The van der Waals surface area contributed by atoms with Crippen molar-refractivity contribution in [3.8, 4) is 11.3 Å². The Morgan fingerprint density at radius 2 is 2.11 bits per heavy atom. The molecule has 0 saturated heterocycles. The fourth-order valence-corrected chi connectivity index (χ4v) is 2.90. The second kappa shape index (κ2) is 5.49. The topological polar surface area (TPSA) is 59.3 Å². The Morgan fingerprint density at radius 1 is 1.39 bits per heavy atom. The first-order chi connectivity index (χ1) is 8.59. The lowest BCUT2D eigenvalue weighted by Gasteiger charge is -2.07. The molecule has 0 aliphatic carbocycles. The Morgan fingerprint density at radius 3 is 2.78 bits per heavy atom. The molecular formula is C12H10BrNO3S. The maximum atomic E-state index is 11.7. The number of hydrogen-bond acceptors (Lipinski definition) is 3. The van der Waals surface area contributed by atoms with Gasteiger partial charge in [0.25, 0.3) is 0 Å². The van der Waals surface area contributed by atoms with Crippen molar-refractivity contribution in [1.82, 2.24) is 4.57 Å². The second-order valence-electron chi connectivity index (χ2n) is 3.66. The molecule has 0 bridgehead atoms. The number of thiazole rings is 1. The Balaban J connectivity index is 2.43. The van der Waals surface area contributed by atoms with Crippen LogP contribution in [0.2, 0.25) is 0 Å². The van der Waals surface area contributed by atoms with Crippen molar-refractivity contribution >= 4 is 33.2 Å². The highest BCUT2D eigenvalue weighted by Gasteiger charge is 2.12. The molecule has 0 aliphatic heterocycles. The Kier molecular flexibility index (Phi) is 3.98. The molecular weight excluding hydrogens is 318 g/mol. The van der Waals surface area contributed by atoms with Crippen molar-refractivity contribution in [2.45, 2.75) is 13.0 Å². The second-order valence-corrected chi connectivity index (χ2v) is 5.34. The SMILES string of the molecule is O=C(O)CCn1c(-c2ccccc2Br)csc1=O. The van der Waals surface area contributed by atoms with Gasteiger partial charge in [0.15, 0.2) is 0 Å². The predicted octanol–water partition coefficient (Wildman–Crippen LogP) is 2.81. The first-order valence-electron chi connectivity index (χ1n) is 5.24. The van der Waals surface area contributed by atoms with Crippen LogP contribution in [-0.2, 0) is 11.3 Å². The number of carboxylic acid groups (broad SMARTS) is 1. The minimum absolute atomic E-state index is 0.0614. The van der Waals surface area contributed by atoms with Crippen molar-refractivity contribution < 1.29 is 9.90 Å². The number of aliphatic carboxylic acids is 1. The lowest BCUT2D eigenvalue weighted by Crippen LogP contribution is -2.16. The molecule has 0 saturated carbocycles. The third kappa shape index (κ3) is 2.70. The van der Waals surface area contributed by atoms with Gasteiger partial charge in [-0.25, -0.2) is 0 Å². The minimum Gasteiger partial charge on any atom is -0.481 e. The average Bonchev–Trinajstić information content (AvgIpc) is 2.68. The maximum absolute atomic E-state index is 11.7. The lowest BCUT2D eigenvalue weighted by molar-refractivity contribution is -0.137. The van der Waals surface area contributed by atoms with E-state index in [0.29, 0.717) is 0 Å². The molecule has 18 heavy (non-hydrogen) atoms. The lowest BCUT2D eigenvalue weighted by atomic mass is 10.2. The van der Waals surface area contributed by atoms with E-state index in [-0.39, 0.29) is 17.8 Å². The van der Waals surface area contributed by atoms with Gasteiger partial charge in [0.05, 0.1) is 12.1 Å². The summed E-state index contributed by atoms with van der Waals surface area (Å²) < 4.78 is 2.38. The van der Waals surface area contributed by atoms with Crippen LogP contribution in [0.25, 0.3) is 11.3 Å². The van der Waals surface area contributed by atoms with Gasteiger partial charge in [-0.3, -0.25) is 14.2 Å². The molecule has 0 fully saturated rings. The van der Waals surface area contributed by atoms with E-state index < -0.39 is 5.97 Å². The van der Waals surface area contributed by atoms with Crippen LogP contribution in [0, 0.1) is 0 Å². The van der Waals surface area contributed by atoms with Gasteiger partial charge in [0.2, 0.25) is 0 Å². The number of hydrogen-bond donors (Lipinski definition) is 1. The number of halogens is 1. The molecule has 1 heterocycles. The Labute approximate surface area is 116 Å². The van der Waals surface area contributed by atoms with E-state index in [1.54, 1.807) is 5.38 Å². The van der Waals surface area contributed by atoms with Crippen LogP contribution in [0.5, 0.6) is 0 Å². The van der Waals surface area contributed by atoms with Gasteiger partial charge in [-0.05, 0) is 6.07 Å². The highest BCUT2D eigenvalue weighted by Crippen LogP contribution is 2.28. The molecule has 0 atom stereocenters. The van der Waals surface area contributed by atoms with Crippen molar-refractivity contribution in [2.24, 2.45) is 0 Å². The molecule has 1 aromatic carbocycles. The zero-order chi connectivity index (χ0) is 13.1. The quantitative estimate of drug-likeness (QED) is 0.939. The summed E-state index contributed by atoms with van der Waals surface area (Å²) in [5, 5.41) is 10.5. The Bertz CT molecular complexity index is 632. The van der Waals surface area contributed by atoms with Gasteiger partial charge in [0.1, 0.15) is 0 Å². The van der Waals surface area contributed by atoms with E-state index in [9.17, 15) is 9.59 Å². The van der Waals surface area contributed by atoms with Gasteiger partial charge >= 0.3 is 10.8 Å². The van der Waals surface area contributed by atoms with Crippen LogP contribution in [0.4, 0.5) is 0 Å². The fraction of sp³-hybridized carbons (Fsp3) is 0.167. The minimum atomic E-state index is -0.911. The fourth-order valence-electron chi connectivity index (χ4n) is 1.63. The summed E-state index contributed by atoms with van der Waals surface area (Å²) in [5.41, 5.74) is 1.64. The van der Waals surface area contributed by atoms with Crippen molar-refractivity contribution in [2.75, 3.05) is 0 Å². The van der Waals surface area contributed by atoms with E-state index in [0.717, 1.165) is 27.1 Å². The van der Waals surface area contributed by atoms with Crippen LogP contribution < -0.4 is 4.87 Å². The van der Waals surface area contributed by atoms with Crippen LogP contribution >= 0.6 is 27.3 Å². The van der Waals surface area contributed by atoms with Crippen molar-refractivity contribution in [3.63, 3.8) is 0 Å². The number of carbonyl (C=O) groups is 1. The van der Waals surface area contributed by atoms with Crippen molar-refractivity contribution in [3.05, 3.63) is 43.8 Å². The summed E-state index contributed by atoms with van der Waals surface area (Å²) in [5.74, 6) is -0.911. The third-order valence-corrected chi connectivity index (χ3v) is 3.94. The molecule has 6 heteroatoms. The van der Waals surface area contributed by atoms with E-state index in [4.69, 9.17) is 5.11 Å². The molecule has 0 aliphatic rings. The van der Waals surface area contributed by atoms with Gasteiger partial charge in [-0.15, -0.1) is 0 Å². The van der Waals surface area contributed by atoms with E-state index in [1.807, 2.05) is 24.3 Å². The van der Waals surface area contributed by atoms with Gasteiger partial charge in [0, 0.05) is 22.0 Å². The van der Waals surface area contributed by atoms with E-state index >= 15 is 0 Å². The highest BCUT2D eigenvalue weighted by atomic mass is 79.9. The van der Waals surface area contributed by atoms with Crippen LogP contribution in [-0.4, -0.2) is 15.6 Å². The monoisotopic (exact) mass is 327 g/mol. The van der Waals surface area contributed by atoms with Crippen LogP contribution in [0.1, 0.15) is 6.42 Å². The van der Waals surface area contributed by atoms with Gasteiger partial charge < -0.3 is 5.11 Å². The van der Waals surface area contributed by atoms with Crippen LogP contribution in [0.15, 0.2) is 38.9 Å². The molecule has 2 rings (SSSR count). The van der Waals surface area contributed by atoms with E-state index in [2.05, 4.69) is 15.9 Å². The number of rotatable bonds is 4. The maximum Gasteiger partial charge on any atom is 0.307 e. The molecule has 4 nitrogen and oxygen atoms in total. The number of benzene rings is 1. The van der Waals surface area contributed by atoms with Gasteiger partial charge in [-0.1, -0.05) is 45.5 Å². The summed E-state index contributed by atoms with van der Waals surface area (Å²) in [6, 6.07) is 7.55. The number of nitrogens with zero attached hydrogens (tertiary/aromatic N) is 1. The number of carboxylic acids is 1. The molecule has 1 aromatic heterocycles. The summed E-state index contributed by atoms with van der Waals surface area (Å²) in [6.45, 7) is 0.189. The predicted molar refractivity (Wildman–Crippen MR) is 74.0 cm³/mol. The Hall–Kier alpha value is -1.40. The molecule has 1 N–H and O–H groups in total. The van der Waals surface area contributed by atoms with Crippen molar-refractivity contribution in [1.29, 1.82) is 0 Å². The summed E-state index contributed by atoms with van der Waals surface area (Å²) >= 11 is 4.51. The summed E-state index contributed by atoms with van der Waals surface area (Å²) in [4.78, 5) is 22.2. The van der Waals surface area contributed by atoms with Gasteiger partial charge in [-0.2, -0.15) is 0 Å². The van der Waals surface area contributed by atoms with Crippen LogP contribution in [0.3, 0.4) is 0 Å². The first kappa shape index (κ1) is 13.0. The summed E-state index contributed by atoms with van der Waals surface area (Å²) in [7, 11) is 0. The first-order valence-corrected chi connectivity index (χ1v) is 6.92. The normalized spacial score (nSPS) is 10.5. The molecule has 94 valence electrons. The third-order valence-electron chi connectivity index (χ3n) is 2.48. The van der Waals surface area contributed by atoms with E-state index in [1.165, 1.54) is 4.57 Å². The molecule has 0 unspecified atom stereocenters. The standard InChI is InChI=1S/C12H10BrNO3S/c13-9-4-2-1-3-8(9)10-7-18-12(17)14(10)6-5-11(15)16/h1-4,7H,5-6H2,(H,15,16). The summed E-state index contributed by atoms with van der Waals surface area (Å²) in [6.07, 6.45) is -0.0614. The molecule has 0 amide bonds. The number of aromatic nitrogens is 1. The molecule has 0 spiro atoms. The molecule has 0 radical (unpaired) electrons. The highest BCUT2D eigenvalue weighted by molar-refractivity contribution is 9.10.